The molecule has 114 valence electrons. The van der Waals surface area contributed by atoms with Crippen LogP contribution in [0, 0.1) is 0 Å². The van der Waals surface area contributed by atoms with Crippen molar-refractivity contribution in [3.8, 4) is 22.7 Å². The molecule has 0 saturated heterocycles. The van der Waals surface area contributed by atoms with Crippen molar-refractivity contribution >= 4 is 16.7 Å². The van der Waals surface area contributed by atoms with Gasteiger partial charge in [0.25, 0.3) is 0 Å². The standard InChI is InChI=1S/C18H14N2O3/c1-23-15-7-4-12-8-13-10-20(19-17(13)16(12)9-15)14-5-2-11(3-6-14)18(21)22/h2-10,19H,1H3,(H,21,22). The Morgan fingerprint density at radius 1 is 1.13 bits per heavy atom. The summed E-state index contributed by atoms with van der Waals surface area (Å²) in [5.41, 5.74) is 3.27. The summed E-state index contributed by atoms with van der Waals surface area (Å²) < 4.78 is 7.18. The zero-order chi connectivity index (χ0) is 16.0. The largest absolute Gasteiger partial charge is 0.497 e. The number of hydrogen-bond acceptors (Lipinski definition) is 2. The van der Waals surface area contributed by atoms with Gasteiger partial charge >= 0.3 is 5.97 Å². The van der Waals surface area contributed by atoms with Gasteiger partial charge in [-0.15, -0.1) is 0 Å². The van der Waals surface area contributed by atoms with Crippen LogP contribution < -0.4 is 4.74 Å². The van der Waals surface area contributed by atoms with Crippen molar-refractivity contribution in [1.82, 2.24) is 9.78 Å². The molecule has 1 aliphatic carbocycles. The summed E-state index contributed by atoms with van der Waals surface area (Å²) in [7, 11) is 1.65. The summed E-state index contributed by atoms with van der Waals surface area (Å²) in [4.78, 5) is 10.9. The number of aromatic amines is 1. The zero-order valence-electron chi connectivity index (χ0n) is 12.4. The van der Waals surface area contributed by atoms with Crippen LogP contribution in [-0.4, -0.2) is 28.0 Å². The van der Waals surface area contributed by atoms with Crippen LogP contribution in [0.3, 0.4) is 0 Å². The highest BCUT2D eigenvalue weighted by Gasteiger charge is 2.14. The average Bonchev–Trinajstić information content (AvgIpc) is 3.12. The molecule has 4 rings (SSSR count). The predicted octanol–water partition coefficient (Wildman–Crippen LogP) is 3.77. The number of nitrogens with one attached hydrogen (secondary N) is 1. The topological polar surface area (TPSA) is 67.2 Å². The van der Waals surface area contributed by atoms with Crippen molar-refractivity contribution in [3.05, 3.63) is 60.3 Å². The van der Waals surface area contributed by atoms with Crippen LogP contribution in [-0.2, 0) is 0 Å². The number of carboxylic acids is 1. The van der Waals surface area contributed by atoms with Crippen LogP contribution in [0.2, 0.25) is 0 Å². The molecule has 23 heavy (non-hydrogen) atoms. The van der Waals surface area contributed by atoms with Crippen molar-refractivity contribution in [2.45, 2.75) is 0 Å². The molecule has 0 atom stereocenters. The molecular formula is C18H14N2O3. The maximum absolute atomic E-state index is 10.9. The summed E-state index contributed by atoms with van der Waals surface area (Å²) in [5.74, 6) is -0.109. The van der Waals surface area contributed by atoms with E-state index in [-0.39, 0.29) is 5.56 Å². The second-order valence-electron chi connectivity index (χ2n) is 5.39. The molecule has 0 spiro atoms. The number of carbonyl (C=O) groups is 1. The molecule has 2 aromatic rings. The molecule has 0 saturated carbocycles. The summed E-state index contributed by atoms with van der Waals surface area (Å²) in [6.07, 6.45) is 2.00. The van der Waals surface area contributed by atoms with Gasteiger partial charge in [-0.3, -0.25) is 9.78 Å². The number of nitrogens with zero attached hydrogens (tertiary/aromatic N) is 1. The quantitative estimate of drug-likeness (QED) is 0.605. The van der Waals surface area contributed by atoms with E-state index in [0.29, 0.717) is 0 Å². The van der Waals surface area contributed by atoms with Crippen molar-refractivity contribution < 1.29 is 14.6 Å². The van der Waals surface area contributed by atoms with Gasteiger partial charge in [0.1, 0.15) is 5.75 Å². The first-order valence-corrected chi connectivity index (χ1v) is 7.17. The molecule has 2 N–H and O–H groups in total. The van der Waals surface area contributed by atoms with E-state index in [2.05, 4.69) is 11.2 Å². The maximum Gasteiger partial charge on any atom is 0.335 e. The Kier molecular flexibility index (Phi) is 2.87. The Morgan fingerprint density at radius 3 is 2.61 bits per heavy atom. The number of methoxy groups -OCH3 is 1. The van der Waals surface area contributed by atoms with Gasteiger partial charge in [-0.25, -0.2) is 4.79 Å². The lowest BCUT2D eigenvalue weighted by Gasteiger charge is -2.03. The molecule has 0 unspecified atom stereocenters. The van der Waals surface area contributed by atoms with Crippen molar-refractivity contribution in [2.75, 3.05) is 7.11 Å². The molecule has 0 radical (unpaired) electrons. The third-order valence-electron chi connectivity index (χ3n) is 4.02. The number of benzene rings is 2. The molecule has 5 nitrogen and oxygen atoms in total. The van der Waals surface area contributed by atoms with Gasteiger partial charge < -0.3 is 9.84 Å². The molecule has 0 fully saturated rings. The minimum absolute atomic E-state index is 0.273. The summed E-state index contributed by atoms with van der Waals surface area (Å²) in [6.45, 7) is 0. The number of rotatable bonds is 3. The lowest BCUT2D eigenvalue weighted by atomic mass is 10.2. The fourth-order valence-corrected chi connectivity index (χ4v) is 2.82. The van der Waals surface area contributed by atoms with Gasteiger partial charge in [-0.05, 0) is 47.9 Å². The molecule has 2 aromatic carbocycles. The van der Waals surface area contributed by atoms with E-state index in [1.165, 1.54) is 0 Å². The highest BCUT2D eigenvalue weighted by Crippen LogP contribution is 2.35. The monoisotopic (exact) mass is 306 g/mol. The van der Waals surface area contributed by atoms with E-state index in [9.17, 15) is 4.79 Å². The SMILES string of the molecule is COc1ccc2cc3cn(-c4ccc(C(=O)O)cc4)[nH]c-3c2c1. The van der Waals surface area contributed by atoms with E-state index < -0.39 is 5.97 Å². The number of carboxylic acid groups (broad SMARTS) is 1. The van der Waals surface area contributed by atoms with Crippen LogP contribution in [0.4, 0.5) is 0 Å². The van der Waals surface area contributed by atoms with Crippen molar-refractivity contribution in [3.63, 3.8) is 0 Å². The molecule has 0 bridgehead atoms. The first-order chi connectivity index (χ1) is 11.2. The number of hydrogen-bond donors (Lipinski definition) is 2. The van der Waals surface area contributed by atoms with Gasteiger partial charge in [0, 0.05) is 17.1 Å². The predicted molar refractivity (Wildman–Crippen MR) is 87.8 cm³/mol. The molecule has 1 aliphatic heterocycles. The maximum atomic E-state index is 10.9. The highest BCUT2D eigenvalue weighted by molar-refractivity contribution is 6.01. The van der Waals surface area contributed by atoms with Crippen LogP contribution in [0.25, 0.3) is 27.7 Å². The summed E-state index contributed by atoms with van der Waals surface area (Å²) >= 11 is 0. The van der Waals surface area contributed by atoms with Gasteiger partial charge in [0.2, 0.25) is 0 Å². The Bertz CT molecular complexity index is 979. The van der Waals surface area contributed by atoms with Gasteiger partial charge in [-0.1, -0.05) is 6.07 Å². The van der Waals surface area contributed by atoms with Gasteiger partial charge in [0.05, 0.1) is 24.1 Å². The van der Waals surface area contributed by atoms with Crippen molar-refractivity contribution in [2.24, 2.45) is 0 Å². The van der Waals surface area contributed by atoms with Crippen LogP contribution in [0.15, 0.2) is 54.7 Å². The fourth-order valence-electron chi connectivity index (χ4n) is 2.82. The van der Waals surface area contributed by atoms with Gasteiger partial charge in [-0.2, -0.15) is 0 Å². The first-order valence-electron chi connectivity index (χ1n) is 7.17. The summed E-state index contributed by atoms with van der Waals surface area (Å²) in [5, 5.41) is 14.6. The van der Waals surface area contributed by atoms with E-state index in [1.807, 2.05) is 29.1 Å². The minimum atomic E-state index is -0.926. The lowest BCUT2D eigenvalue weighted by Crippen LogP contribution is -1.98. The molecule has 5 heteroatoms. The highest BCUT2D eigenvalue weighted by atomic mass is 16.5. The molecule has 0 amide bonds. The van der Waals surface area contributed by atoms with E-state index in [0.717, 1.165) is 33.5 Å². The third-order valence-corrected chi connectivity index (χ3v) is 4.02. The molecule has 2 aliphatic rings. The zero-order valence-corrected chi connectivity index (χ0v) is 12.4. The average molecular weight is 306 g/mol. The fraction of sp³-hybridized carbons (Fsp3) is 0.0556. The van der Waals surface area contributed by atoms with Crippen LogP contribution in [0.5, 0.6) is 5.75 Å². The summed E-state index contributed by atoms with van der Waals surface area (Å²) in [6, 6.07) is 14.8. The van der Waals surface area contributed by atoms with E-state index in [1.54, 1.807) is 31.4 Å². The smallest absolute Gasteiger partial charge is 0.335 e. The molecular weight excluding hydrogens is 292 g/mol. The normalized spacial score (nSPS) is 11.2. The Labute approximate surface area is 132 Å². The number of aromatic carboxylic acids is 1. The van der Waals surface area contributed by atoms with Crippen LogP contribution >= 0.6 is 0 Å². The molecule has 0 aromatic heterocycles. The second kappa shape index (κ2) is 4.91. The lowest BCUT2D eigenvalue weighted by molar-refractivity contribution is 0.0697. The number of aromatic nitrogens is 2. The van der Waals surface area contributed by atoms with E-state index >= 15 is 0 Å². The van der Waals surface area contributed by atoms with Gasteiger partial charge in [0.15, 0.2) is 0 Å². The first kappa shape index (κ1) is 13.5. The number of H-pyrrole nitrogens is 1. The van der Waals surface area contributed by atoms with E-state index in [4.69, 9.17) is 9.84 Å². The second-order valence-corrected chi connectivity index (χ2v) is 5.39. The number of ether oxygens (including phenoxy) is 1. The third kappa shape index (κ3) is 2.14. The number of fused-ring (bicyclic) bond motifs is 3. The minimum Gasteiger partial charge on any atom is -0.497 e. The van der Waals surface area contributed by atoms with Crippen molar-refractivity contribution in [1.29, 1.82) is 0 Å². The van der Waals surface area contributed by atoms with Crippen LogP contribution in [0.1, 0.15) is 10.4 Å². The Hall–Kier alpha value is -3.21. The Morgan fingerprint density at radius 2 is 1.91 bits per heavy atom. The Balaban J connectivity index is 1.82. The molecule has 1 heterocycles.